The van der Waals surface area contributed by atoms with Gasteiger partial charge in [0.1, 0.15) is 0 Å². The molecule has 0 aromatic heterocycles. The normalized spacial score (nSPS) is 19.5. The Morgan fingerprint density at radius 3 is 2.50 bits per heavy atom. The highest BCUT2D eigenvalue weighted by molar-refractivity contribution is 6.03. The molecule has 0 unspecified atom stereocenters. The molecule has 4 nitrogen and oxygen atoms in total. The van der Waals surface area contributed by atoms with Crippen molar-refractivity contribution in [3.8, 4) is 17.2 Å². The molecular formula is C24H30O4. The molecule has 0 spiro atoms. The molecule has 28 heavy (non-hydrogen) atoms. The van der Waals surface area contributed by atoms with Crippen LogP contribution in [-0.4, -0.2) is 26.6 Å². The molecule has 150 valence electrons. The van der Waals surface area contributed by atoms with Crippen LogP contribution in [-0.2, 0) is 4.79 Å². The molecule has 0 amide bonds. The largest absolute Gasteiger partial charge is 0.493 e. The summed E-state index contributed by atoms with van der Waals surface area (Å²) in [6, 6.07) is 3.88. The fourth-order valence-electron chi connectivity index (χ4n) is 3.97. The van der Waals surface area contributed by atoms with Crippen molar-refractivity contribution in [2.24, 2.45) is 5.92 Å². The zero-order valence-corrected chi connectivity index (χ0v) is 17.2. The number of ketones is 1. The van der Waals surface area contributed by atoms with E-state index in [1.165, 1.54) is 25.7 Å². The van der Waals surface area contributed by atoms with Crippen LogP contribution in [0.3, 0.4) is 0 Å². The van der Waals surface area contributed by atoms with E-state index in [0.717, 1.165) is 28.7 Å². The van der Waals surface area contributed by atoms with E-state index in [0.29, 0.717) is 36.2 Å². The number of rotatable bonds is 7. The Balaban J connectivity index is 1.93. The van der Waals surface area contributed by atoms with Crippen molar-refractivity contribution in [2.45, 2.75) is 45.4 Å². The van der Waals surface area contributed by atoms with E-state index in [1.54, 1.807) is 14.2 Å². The van der Waals surface area contributed by atoms with E-state index in [4.69, 9.17) is 14.2 Å². The summed E-state index contributed by atoms with van der Waals surface area (Å²) in [6.07, 6.45) is 10.1. The second kappa shape index (κ2) is 9.13. The van der Waals surface area contributed by atoms with Gasteiger partial charge in [0.25, 0.3) is 0 Å². The molecule has 0 aliphatic heterocycles. The summed E-state index contributed by atoms with van der Waals surface area (Å²) < 4.78 is 17.4. The second-order valence-electron chi connectivity index (χ2n) is 7.60. The lowest BCUT2D eigenvalue weighted by atomic mass is 10.0. The number of carbonyl (C=O) groups is 1. The molecule has 0 saturated heterocycles. The van der Waals surface area contributed by atoms with Crippen LogP contribution in [0.2, 0.25) is 0 Å². The minimum absolute atomic E-state index is 0.166. The lowest BCUT2D eigenvalue weighted by Crippen LogP contribution is -2.10. The Morgan fingerprint density at radius 2 is 1.89 bits per heavy atom. The lowest BCUT2D eigenvalue weighted by Gasteiger charge is -2.19. The number of benzene rings is 1. The quantitative estimate of drug-likeness (QED) is 0.582. The van der Waals surface area contributed by atoms with Crippen LogP contribution in [0.25, 0.3) is 5.57 Å². The smallest absolute Gasteiger partial charge is 0.203 e. The zero-order chi connectivity index (χ0) is 20.1. The van der Waals surface area contributed by atoms with Crippen molar-refractivity contribution in [1.82, 2.24) is 0 Å². The van der Waals surface area contributed by atoms with Gasteiger partial charge in [0, 0.05) is 17.6 Å². The van der Waals surface area contributed by atoms with Gasteiger partial charge < -0.3 is 14.2 Å². The third-order valence-electron chi connectivity index (χ3n) is 5.70. The topological polar surface area (TPSA) is 44.8 Å². The molecule has 1 aromatic carbocycles. The van der Waals surface area contributed by atoms with Crippen LogP contribution in [0.5, 0.6) is 17.2 Å². The third kappa shape index (κ3) is 4.32. The number of Topliss-reactive ketones (excluding diaryl/α,β-unsaturated/α-hetero) is 1. The molecule has 0 radical (unpaired) electrons. The van der Waals surface area contributed by atoms with E-state index in [2.05, 4.69) is 6.58 Å². The predicted octanol–water partition coefficient (Wildman–Crippen LogP) is 5.52. The fraction of sp³-hybridized carbons (Fsp3) is 0.458. The van der Waals surface area contributed by atoms with E-state index < -0.39 is 0 Å². The van der Waals surface area contributed by atoms with Crippen LogP contribution in [0.1, 0.15) is 51.0 Å². The number of allylic oxidation sites excluding steroid dienone is 5. The minimum Gasteiger partial charge on any atom is -0.493 e. The van der Waals surface area contributed by atoms with Gasteiger partial charge in [-0.1, -0.05) is 31.6 Å². The van der Waals surface area contributed by atoms with Crippen molar-refractivity contribution < 1.29 is 19.0 Å². The molecular weight excluding hydrogens is 352 g/mol. The molecule has 2 aliphatic carbocycles. The minimum atomic E-state index is 0.166. The summed E-state index contributed by atoms with van der Waals surface area (Å²) >= 11 is 0. The maximum absolute atomic E-state index is 12.0. The standard InChI is InChI=1S/C24H30O4/c1-16-10-13-21(25)19(16)11-9-17(2)20-12-14-22(26-3)24(27-4)23(20)28-15-18-7-5-6-8-18/h9,11-12,14,18H,1,5-8,10,13,15H2,2-4H3. The summed E-state index contributed by atoms with van der Waals surface area (Å²) in [5.41, 5.74) is 3.60. The highest BCUT2D eigenvalue weighted by Crippen LogP contribution is 2.43. The molecule has 1 aromatic rings. The average Bonchev–Trinajstić information content (AvgIpc) is 3.33. The lowest BCUT2D eigenvalue weighted by molar-refractivity contribution is -0.114. The predicted molar refractivity (Wildman–Crippen MR) is 112 cm³/mol. The molecule has 0 atom stereocenters. The summed E-state index contributed by atoms with van der Waals surface area (Å²) in [6.45, 7) is 6.70. The van der Waals surface area contributed by atoms with E-state index in [9.17, 15) is 4.79 Å². The highest BCUT2D eigenvalue weighted by atomic mass is 16.5. The number of methoxy groups -OCH3 is 2. The molecule has 0 heterocycles. The number of ether oxygens (including phenoxy) is 3. The molecule has 4 heteroatoms. The van der Waals surface area contributed by atoms with Crippen molar-refractivity contribution in [2.75, 3.05) is 20.8 Å². The monoisotopic (exact) mass is 382 g/mol. The van der Waals surface area contributed by atoms with Crippen LogP contribution in [0.15, 0.2) is 42.0 Å². The highest BCUT2D eigenvalue weighted by Gasteiger charge is 2.22. The zero-order valence-electron chi connectivity index (χ0n) is 17.2. The summed E-state index contributed by atoms with van der Waals surface area (Å²) in [5.74, 6) is 2.73. The second-order valence-corrected chi connectivity index (χ2v) is 7.60. The first-order chi connectivity index (χ1) is 13.5. The van der Waals surface area contributed by atoms with Crippen LogP contribution in [0.4, 0.5) is 0 Å². The maximum Gasteiger partial charge on any atom is 0.203 e. The van der Waals surface area contributed by atoms with Gasteiger partial charge >= 0.3 is 0 Å². The van der Waals surface area contributed by atoms with Crippen molar-refractivity contribution in [3.05, 3.63) is 47.6 Å². The summed E-state index contributed by atoms with van der Waals surface area (Å²) in [5, 5.41) is 0. The SMILES string of the molecule is C=C1CCC(=O)C1=CC=C(C)c1ccc(OC)c(OC)c1OCC1CCCC1. The van der Waals surface area contributed by atoms with Gasteiger partial charge in [-0.25, -0.2) is 0 Å². The Hall–Kier alpha value is -2.49. The van der Waals surface area contributed by atoms with Gasteiger partial charge in [0.2, 0.25) is 5.75 Å². The number of carbonyl (C=O) groups excluding carboxylic acids is 1. The first-order valence-electron chi connectivity index (χ1n) is 10.0. The van der Waals surface area contributed by atoms with Crippen LogP contribution in [0, 0.1) is 5.92 Å². The van der Waals surface area contributed by atoms with Gasteiger partial charge in [-0.05, 0) is 55.4 Å². The molecule has 0 bridgehead atoms. The van der Waals surface area contributed by atoms with Gasteiger partial charge in [0.15, 0.2) is 17.3 Å². The van der Waals surface area contributed by atoms with Crippen molar-refractivity contribution in [3.63, 3.8) is 0 Å². The van der Waals surface area contributed by atoms with E-state index in [-0.39, 0.29) is 5.78 Å². The Morgan fingerprint density at radius 1 is 1.14 bits per heavy atom. The Bertz CT molecular complexity index is 792. The molecule has 2 aliphatic rings. The first-order valence-corrected chi connectivity index (χ1v) is 10.0. The molecule has 3 rings (SSSR count). The van der Waals surface area contributed by atoms with Gasteiger partial charge in [0.05, 0.1) is 20.8 Å². The maximum atomic E-state index is 12.0. The number of hydrogen-bond donors (Lipinski definition) is 0. The van der Waals surface area contributed by atoms with Crippen LogP contribution >= 0.6 is 0 Å². The summed E-state index contributed by atoms with van der Waals surface area (Å²) in [4.78, 5) is 12.0. The Kier molecular flexibility index (Phi) is 6.61. The van der Waals surface area contributed by atoms with Gasteiger partial charge in [-0.3, -0.25) is 4.79 Å². The molecule has 0 N–H and O–H groups in total. The van der Waals surface area contributed by atoms with E-state index >= 15 is 0 Å². The molecule has 2 fully saturated rings. The first kappa shape index (κ1) is 20.2. The third-order valence-corrected chi connectivity index (χ3v) is 5.70. The fourth-order valence-corrected chi connectivity index (χ4v) is 3.97. The van der Waals surface area contributed by atoms with Gasteiger partial charge in [-0.15, -0.1) is 0 Å². The van der Waals surface area contributed by atoms with Crippen molar-refractivity contribution >= 4 is 11.4 Å². The van der Waals surface area contributed by atoms with Crippen molar-refractivity contribution in [1.29, 1.82) is 0 Å². The molecule has 2 saturated carbocycles. The number of hydrogen-bond acceptors (Lipinski definition) is 4. The van der Waals surface area contributed by atoms with E-state index in [1.807, 2.05) is 31.2 Å². The Labute approximate surface area is 167 Å². The average molecular weight is 383 g/mol. The summed E-state index contributed by atoms with van der Waals surface area (Å²) in [7, 11) is 3.26. The van der Waals surface area contributed by atoms with Gasteiger partial charge in [-0.2, -0.15) is 0 Å². The van der Waals surface area contributed by atoms with Crippen LogP contribution < -0.4 is 14.2 Å².